The van der Waals surface area contributed by atoms with Gasteiger partial charge in [-0.3, -0.25) is 0 Å². The van der Waals surface area contributed by atoms with E-state index in [1.807, 2.05) is 76.0 Å². The fourth-order valence-corrected chi connectivity index (χ4v) is 1.59. The summed E-state index contributed by atoms with van der Waals surface area (Å²) in [5.41, 5.74) is 3.43. The third-order valence-electron chi connectivity index (χ3n) is 2.78. The lowest BCUT2D eigenvalue weighted by molar-refractivity contribution is -0.0987. The van der Waals surface area contributed by atoms with Crippen LogP contribution in [0.4, 0.5) is 0 Å². The molecule has 0 radical (unpaired) electrons. The van der Waals surface area contributed by atoms with E-state index in [4.69, 9.17) is 19.4 Å². The summed E-state index contributed by atoms with van der Waals surface area (Å²) in [6, 6.07) is 15.9. The fraction of sp³-hybridized carbons (Fsp3) is 0.263. The first kappa shape index (κ1) is 22.8. The van der Waals surface area contributed by atoms with Gasteiger partial charge in [0.25, 0.3) is 0 Å². The van der Waals surface area contributed by atoms with Crippen molar-refractivity contribution in [2.24, 2.45) is 0 Å². The Morgan fingerprint density at radius 3 is 1.78 bits per heavy atom. The summed E-state index contributed by atoms with van der Waals surface area (Å²) < 4.78 is 5.00. The Morgan fingerprint density at radius 2 is 1.43 bits per heavy atom. The number of carbonyl (C=O) groups is 2. The second-order valence-corrected chi connectivity index (χ2v) is 4.61. The molecule has 0 fully saturated rings. The predicted molar refractivity (Wildman–Crippen MR) is 93.8 cm³/mol. The van der Waals surface area contributed by atoms with E-state index >= 15 is 0 Å². The van der Waals surface area contributed by atoms with Gasteiger partial charge in [0.15, 0.2) is 0 Å². The van der Waals surface area contributed by atoms with Crippen LogP contribution in [0.25, 0.3) is 0 Å². The molecule has 0 heterocycles. The molecular formula is C19H26O4. The minimum Gasteiger partial charge on any atom is -0.497 e. The van der Waals surface area contributed by atoms with Crippen LogP contribution in [0.5, 0.6) is 5.75 Å². The lowest BCUT2D eigenvalue weighted by Gasteiger charge is -2.02. The number of ether oxygens (including phenoxy) is 1. The van der Waals surface area contributed by atoms with E-state index in [9.17, 15) is 0 Å². The molecule has 0 aromatic heterocycles. The Morgan fingerprint density at radius 1 is 0.913 bits per heavy atom. The summed E-state index contributed by atoms with van der Waals surface area (Å²) in [6.07, 6.45) is -0.347. The highest BCUT2D eigenvalue weighted by atomic mass is 16.5. The largest absolute Gasteiger partial charge is 0.497 e. The molecule has 0 aliphatic carbocycles. The molecule has 0 aliphatic heterocycles. The molecule has 4 heteroatoms. The van der Waals surface area contributed by atoms with Crippen LogP contribution in [0.15, 0.2) is 48.5 Å². The van der Waals surface area contributed by atoms with Gasteiger partial charge in [0.2, 0.25) is 0 Å². The Hall–Kier alpha value is -2.46. The average Bonchev–Trinajstić information content (AvgIpc) is 2.59. The highest BCUT2D eigenvalue weighted by Crippen LogP contribution is 2.11. The third kappa shape index (κ3) is 10.8. The van der Waals surface area contributed by atoms with Crippen LogP contribution in [-0.4, -0.2) is 25.8 Å². The fourth-order valence-electron chi connectivity index (χ4n) is 1.59. The van der Waals surface area contributed by atoms with Crippen LogP contribution in [0.1, 0.15) is 29.7 Å². The average molecular weight is 318 g/mol. The summed E-state index contributed by atoms with van der Waals surface area (Å²) in [7, 11) is 1.68. The summed E-state index contributed by atoms with van der Waals surface area (Å²) in [4.78, 5) is 16.0. The maximum atomic E-state index is 9.11. The Kier molecular flexibility index (Phi) is 14.4. The molecule has 2 aromatic carbocycles. The molecule has 0 saturated carbocycles. The molecule has 0 bridgehead atoms. The van der Waals surface area contributed by atoms with E-state index in [1.54, 1.807) is 14.0 Å². The van der Waals surface area contributed by atoms with Crippen molar-refractivity contribution in [2.45, 2.75) is 26.9 Å². The second kappa shape index (κ2) is 14.5. The number of hydrogen-bond donors (Lipinski definition) is 1. The van der Waals surface area contributed by atoms with Gasteiger partial charge in [-0.05, 0) is 44.0 Å². The van der Waals surface area contributed by atoms with Crippen molar-refractivity contribution in [1.29, 1.82) is 0 Å². The van der Waals surface area contributed by atoms with Crippen LogP contribution >= 0.6 is 0 Å². The van der Waals surface area contributed by atoms with Gasteiger partial charge in [-0.2, -0.15) is 0 Å². The standard InChI is InChI=1S/C9H12O.C8H10O.2CH2O/c1-7-3-5-9(6-4-7)8(2)10;1-7-4-3-5-8(6-7)9-2;2*1-2/h3-6,8,10H,1-2H3;3-6H,1-2H3;2*1H2. The quantitative estimate of drug-likeness (QED) is 0.917. The molecule has 126 valence electrons. The van der Waals surface area contributed by atoms with Crippen LogP contribution in [0.2, 0.25) is 0 Å². The Bertz CT molecular complexity index is 519. The molecule has 0 aliphatic rings. The van der Waals surface area contributed by atoms with Gasteiger partial charge in [0, 0.05) is 0 Å². The molecule has 4 nitrogen and oxygen atoms in total. The van der Waals surface area contributed by atoms with Crippen molar-refractivity contribution in [3.63, 3.8) is 0 Å². The molecule has 0 saturated heterocycles. The number of rotatable bonds is 2. The topological polar surface area (TPSA) is 63.6 Å². The smallest absolute Gasteiger partial charge is 0.119 e. The Labute approximate surface area is 138 Å². The van der Waals surface area contributed by atoms with Crippen molar-refractivity contribution in [3.8, 4) is 5.75 Å². The van der Waals surface area contributed by atoms with Gasteiger partial charge < -0.3 is 19.4 Å². The van der Waals surface area contributed by atoms with Crippen LogP contribution in [-0.2, 0) is 9.59 Å². The molecule has 0 amide bonds. The monoisotopic (exact) mass is 318 g/mol. The number of aryl methyl sites for hydroxylation is 2. The number of methoxy groups -OCH3 is 1. The zero-order valence-corrected chi connectivity index (χ0v) is 14.3. The van der Waals surface area contributed by atoms with E-state index in [0.29, 0.717) is 0 Å². The van der Waals surface area contributed by atoms with Gasteiger partial charge >= 0.3 is 0 Å². The molecular weight excluding hydrogens is 292 g/mol. The number of benzene rings is 2. The number of carbonyl (C=O) groups excluding carboxylic acids is 2. The highest BCUT2D eigenvalue weighted by molar-refractivity contribution is 5.27. The van der Waals surface area contributed by atoms with Crippen molar-refractivity contribution in [3.05, 3.63) is 65.2 Å². The molecule has 1 unspecified atom stereocenters. The van der Waals surface area contributed by atoms with Crippen LogP contribution in [0.3, 0.4) is 0 Å². The molecule has 2 rings (SSSR count). The first-order valence-electron chi connectivity index (χ1n) is 6.96. The summed E-state index contributed by atoms with van der Waals surface area (Å²) in [5, 5.41) is 9.11. The van der Waals surface area contributed by atoms with Gasteiger partial charge in [0.1, 0.15) is 19.3 Å². The number of aliphatic hydroxyl groups is 1. The minimum absolute atomic E-state index is 0.347. The maximum absolute atomic E-state index is 9.11. The summed E-state index contributed by atoms with van der Waals surface area (Å²) >= 11 is 0. The van der Waals surface area contributed by atoms with Crippen LogP contribution < -0.4 is 4.74 Å². The van der Waals surface area contributed by atoms with Crippen molar-refractivity contribution >= 4 is 13.6 Å². The van der Waals surface area contributed by atoms with Gasteiger partial charge in [-0.15, -0.1) is 0 Å². The normalized spacial score (nSPS) is 9.61. The summed E-state index contributed by atoms with van der Waals surface area (Å²) in [6.45, 7) is 9.85. The first-order valence-corrected chi connectivity index (χ1v) is 6.96. The minimum atomic E-state index is -0.347. The first-order chi connectivity index (χ1) is 11.0. The Balaban J connectivity index is 0. The van der Waals surface area contributed by atoms with E-state index in [-0.39, 0.29) is 6.10 Å². The van der Waals surface area contributed by atoms with E-state index in [2.05, 4.69) is 0 Å². The SMILES string of the molecule is C=O.C=O.COc1cccc(C)c1.Cc1ccc(C(C)O)cc1. The molecule has 2 aromatic rings. The van der Waals surface area contributed by atoms with Crippen molar-refractivity contribution in [1.82, 2.24) is 0 Å². The van der Waals surface area contributed by atoms with Crippen LogP contribution in [0, 0.1) is 13.8 Å². The molecule has 23 heavy (non-hydrogen) atoms. The van der Waals surface area contributed by atoms with E-state index < -0.39 is 0 Å². The predicted octanol–water partition coefficient (Wildman–Crippen LogP) is 3.68. The number of hydrogen-bond acceptors (Lipinski definition) is 4. The second-order valence-electron chi connectivity index (χ2n) is 4.61. The lowest BCUT2D eigenvalue weighted by Crippen LogP contribution is -1.89. The maximum Gasteiger partial charge on any atom is 0.119 e. The van der Waals surface area contributed by atoms with Crippen molar-refractivity contribution in [2.75, 3.05) is 7.11 Å². The van der Waals surface area contributed by atoms with Crippen molar-refractivity contribution < 1.29 is 19.4 Å². The van der Waals surface area contributed by atoms with Gasteiger partial charge in [-0.25, -0.2) is 0 Å². The van der Waals surface area contributed by atoms with Gasteiger partial charge in [0.05, 0.1) is 13.2 Å². The third-order valence-corrected chi connectivity index (χ3v) is 2.78. The van der Waals surface area contributed by atoms with E-state index in [1.165, 1.54) is 11.1 Å². The van der Waals surface area contributed by atoms with Gasteiger partial charge in [-0.1, -0.05) is 42.0 Å². The lowest BCUT2D eigenvalue weighted by atomic mass is 10.1. The summed E-state index contributed by atoms with van der Waals surface area (Å²) in [5.74, 6) is 0.926. The molecule has 1 N–H and O–H groups in total. The number of aliphatic hydroxyl groups excluding tert-OH is 1. The zero-order valence-electron chi connectivity index (χ0n) is 14.3. The van der Waals surface area contributed by atoms with E-state index in [0.717, 1.165) is 11.3 Å². The molecule has 1 atom stereocenters. The molecule has 0 spiro atoms. The zero-order chi connectivity index (χ0) is 18.3. The highest BCUT2D eigenvalue weighted by Gasteiger charge is 1.97.